The molecule has 0 aliphatic heterocycles. The highest BCUT2D eigenvalue weighted by Gasteiger charge is 2.28. The summed E-state index contributed by atoms with van der Waals surface area (Å²) >= 11 is 0. The second kappa shape index (κ2) is 5.62. The maximum Gasteiger partial charge on any atom is 0.252 e. The van der Waals surface area contributed by atoms with E-state index in [9.17, 15) is 4.79 Å². The molecule has 2 heterocycles. The van der Waals surface area contributed by atoms with Crippen LogP contribution in [0.4, 0.5) is 0 Å². The lowest BCUT2D eigenvalue weighted by molar-refractivity contribution is 0.0949. The van der Waals surface area contributed by atoms with Crippen molar-refractivity contribution in [3.63, 3.8) is 0 Å². The van der Waals surface area contributed by atoms with Crippen molar-refractivity contribution in [3.05, 3.63) is 23.0 Å². The zero-order chi connectivity index (χ0) is 16.0. The average Bonchev–Trinajstić information content (AvgIpc) is 3.19. The average molecular weight is 312 g/mol. The van der Waals surface area contributed by atoms with Crippen molar-refractivity contribution in [2.24, 2.45) is 13.0 Å². The van der Waals surface area contributed by atoms with Crippen LogP contribution in [0.2, 0.25) is 0 Å². The lowest BCUT2D eigenvalue weighted by Gasteiger charge is -2.12. The van der Waals surface area contributed by atoms with Crippen molar-refractivity contribution >= 4 is 16.9 Å². The largest absolute Gasteiger partial charge is 0.352 e. The molecule has 5 nitrogen and oxygen atoms in total. The van der Waals surface area contributed by atoms with E-state index in [0.29, 0.717) is 11.8 Å². The molecule has 0 spiro atoms. The number of aromatic nitrogens is 3. The molecule has 0 unspecified atom stereocenters. The molecule has 0 aromatic carbocycles. The Morgan fingerprint density at radius 3 is 2.74 bits per heavy atom. The standard InChI is InChI=1S/C18H24N4O/c1-11-16-14(18(23)19-10-12-5-3-4-6-12)9-15(13-7-8-13)20-17(16)22(2)21-11/h9,12-13H,3-8,10H2,1-2H3,(H,19,23). The van der Waals surface area contributed by atoms with Gasteiger partial charge in [-0.1, -0.05) is 12.8 Å². The number of nitrogens with zero attached hydrogens (tertiary/aromatic N) is 3. The Bertz CT molecular complexity index is 754. The second-order valence-corrected chi connectivity index (χ2v) is 7.14. The third kappa shape index (κ3) is 2.73. The molecule has 2 aliphatic carbocycles. The summed E-state index contributed by atoms with van der Waals surface area (Å²) in [6.45, 7) is 2.75. The maximum absolute atomic E-state index is 12.8. The first-order valence-electron chi connectivity index (χ1n) is 8.76. The molecule has 0 atom stereocenters. The molecule has 23 heavy (non-hydrogen) atoms. The summed E-state index contributed by atoms with van der Waals surface area (Å²) in [5, 5.41) is 8.52. The first-order chi connectivity index (χ1) is 11.1. The summed E-state index contributed by atoms with van der Waals surface area (Å²) in [6, 6.07) is 2.00. The van der Waals surface area contributed by atoms with Gasteiger partial charge in [0.15, 0.2) is 5.65 Å². The molecule has 122 valence electrons. The van der Waals surface area contributed by atoms with Crippen molar-refractivity contribution < 1.29 is 4.79 Å². The topological polar surface area (TPSA) is 59.8 Å². The molecule has 2 aromatic rings. The van der Waals surface area contributed by atoms with Gasteiger partial charge in [-0.25, -0.2) is 4.98 Å². The summed E-state index contributed by atoms with van der Waals surface area (Å²) in [4.78, 5) is 17.6. The Hall–Kier alpha value is -1.91. The fourth-order valence-corrected chi connectivity index (χ4v) is 3.78. The molecule has 2 saturated carbocycles. The zero-order valence-corrected chi connectivity index (χ0v) is 13.9. The lowest BCUT2D eigenvalue weighted by Crippen LogP contribution is -2.28. The Morgan fingerprint density at radius 1 is 1.30 bits per heavy atom. The quantitative estimate of drug-likeness (QED) is 0.944. The fourth-order valence-electron chi connectivity index (χ4n) is 3.78. The second-order valence-electron chi connectivity index (χ2n) is 7.14. The molecule has 5 heteroatoms. The van der Waals surface area contributed by atoms with Crippen LogP contribution in [0.3, 0.4) is 0 Å². The number of amides is 1. The number of carbonyl (C=O) groups excluding carboxylic acids is 1. The third-order valence-corrected chi connectivity index (χ3v) is 5.25. The summed E-state index contributed by atoms with van der Waals surface area (Å²) in [7, 11) is 1.90. The van der Waals surface area contributed by atoms with Gasteiger partial charge in [-0.15, -0.1) is 0 Å². The number of hydrogen-bond donors (Lipinski definition) is 1. The predicted octanol–water partition coefficient (Wildman–Crippen LogP) is 3.07. The lowest BCUT2D eigenvalue weighted by atomic mass is 10.1. The van der Waals surface area contributed by atoms with Crippen molar-refractivity contribution in [1.82, 2.24) is 20.1 Å². The van der Waals surface area contributed by atoms with Gasteiger partial charge >= 0.3 is 0 Å². The smallest absolute Gasteiger partial charge is 0.252 e. The molecule has 0 radical (unpaired) electrons. The van der Waals surface area contributed by atoms with Gasteiger partial charge in [-0.3, -0.25) is 9.48 Å². The van der Waals surface area contributed by atoms with Crippen molar-refractivity contribution in [2.45, 2.75) is 51.4 Å². The van der Waals surface area contributed by atoms with Crippen LogP contribution in [-0.4, -0.2) is 27.2 Å². The molecule has 4 rings (SSSR count). The minimum atomic E-state index is 0.0299. The van der Waals surface area contributed by atoms with Gasteiger partial charge in [0.2, 0.25) is 0 Å². The van der Waals surface area contributed by atoms with Crippen LogP contribution in [-0.2, 0) is 7.05 Å². The monoisotopic (exact) mass is 312 g/mol. The molecule has 1 amide bonds. The first kappa shape index (κ1) is 14.7. The highest BCUT2D eigenvalue weighted by Crippen LogP contribution is 2.40. The highest BCUT2D eigenvalue weighted by atomic mass is 16.1. The Labute approximate surface area is 136 Å². The van der Waals surface area contributed by atoms with Crippen LogP contribution in [0.25, 0.3) is 11.0 Å². The number of carbonyl (C=O) groups is 1. The molecular formula is C18H24N4O. The molecule has 2 aliphatic rings. The minimum absolute atomic E-state index is 0.0299. The van der Waals surface area contributed by atoms with Crippen LogP contribution in [0.1, 0.15) is 66.2 Å². The van der Waals surface area contributed by atoms with E-state index in [-0.39, 0.29) is 5.91 Å². The van der Waals surface area contributed by atoms with E-state index in [1.165, 1.54) is 38.5 Å². The Morgan fingerprint density at radius 2 is 2.04 bits per heavy atom. The highest BCUT2D eigenvalue weighted by molar-refractivity contribution is 6.06. The fraction of sp³-hybridized carbons (Fsp3) is 0.611. The summed E-state index contributed by atoms with van der Waals surface area (Å²) in [6.07, 6.45) is 7.44. The Kier molecular flexibility index (Phi) is 3.58. The van der Waals surface area contributed by atoms with E-state index in [1.54, 1.807) is 4.68 Å². The van der Waals surface area contributed by atoms with Gasteiger partial charge in [-0.05, 0) is 44.6 Å². The Balaban J connectivity index is 1.67. The van der Waals surface area contributed by atoms with Gasteiger partial charge in [0.1, 0.15) is 0 Å². The number of rotatable bonds is 4. The van der Waals surface area contributed by atoms with Gasteiger partial charge in [0.25, 0.3) is 5.91 Å². The molecular weight excluding hydrogens is 288 g/mol. The number of aryl methyl sites for hydroxylation is 2. The maximum atomic E-state index is 12.8. The zero-order valence-electron chi connectivity index (χ0n) is 13.9. The summed E-state index contributed by atoms with van der Waals surface area (Å²) < 4.78 is 1.80. The number of pyridine rings is 1. The van der Waals surface area contributed by atoms with E-state index >= 15 is 0 Å². The minimum Gasteiger partial charge on any atom is -0.352 e. The SMILES string of the molecule is Cc1nn(C)c2nc(C3CC3)cc(C(=O)NCC3CCCC3)c12. The third-order valence-electron chi connectivity index (χ3n) is 5.25. The van der Waals surface area contributed by atoms with E-state index in [2.05, 4.69) is 10.4 Å². The van der Waals surface area contributed by atoms with E-state index < -0.39 is 0 Å². The van der Waals surface area contributed by atoms with Gasteiger partial charge in [0, 0.05) is 25.2 Å². The van der Waals surface area contributed by atoms with Crippen LogP contribution in [0.15, 0.2) is 6.07 Å². The normalized spacial score (nSPS) is 18.7. The number of hydrogen-bond acceptors (Lipinski definition) is 3. The van der Waals surface area contributed by atoms with Gasteiger partial charge in [0.05, 0.1) is 16.6 Å². The van der Waals surface area contributed by atoms with Crippen molar-refractivity contribution in [2.75, 3.05) is 6.54 Å². The molecule has 2 aromatic heterocycles. The number of fused-ring (bicyclic) bond motifs is 1. The van der Waals surface area contributed by atoms with Gasteiger partial charge < -0.3 is 5.32 Å². The van der Waals surface area contributed by atoms with E-state index in [0.717, 1.165) is 34.5 Å². The van der Waals surface area contributed by atoms with Crippen LogP contribution in [0, 0.1) is 12.8 Å². The van der Waals surface area contributed by atoms with Crippen molar-refractivity contribution in [3.8, 4) is 0 Å². The van der Waals surface area contributed by atoms with Crippen molar-refractivity contribution in [1.29, 1.82) is 0 Å². The van der Waals surface area contributed by atoms with Crippen LogP contribution in [0.5, 0.6) is 0 Å². The first-order valence-corrected chi connectivity index (χ1v) is 8.76. The molecule has 2 fully saturated rings. The summed E-state index contributed by atoms with van der Waals surface area (Å²) in [5.41, 5.74) is 3.51. The number of nitrogens with one attached hydrogen (secondary N) is 1. The summed E-state index contributed by atoms with van der Waals surface area (Å²) in [5.74, 6) is 1.20. The van der Waals surface area contributed by atoms with E-state index in [4.69, 9.17) is 4.98 Å². The molecule has 0 saturated heterocycles. The van der Waals surface area contributed by atoms with E-state index in [1.807, 2.05) is 20.0 Å². The molecule has 1 N–H and O–H groups in total. The predicted molar refractivity (Wildman–Crippen MR) is 89.5 cm³/mol. The molecule has 0 bridgehead atoms. The van der Waals surface area contributed by atoms with Gasteiger partial charge in [-0.2, -0.15) is 5.10 Å². The van der Waals surface area contributed by atoms with Crippen LogP contribution < -0.4 is 5.32 Å². The van der Waals surface area contributed by atoms with Crippen LogP contribution >= 0.6 is 0 Å².